The van der Waals surface area contributed by atoms with E-state index in [-0.39, 0.29) is 0 Å². The lowest BCUT2D eigenvalue weighted by Crippen LogP contribution is -1.90. The Bertz CT molecular complexity index is 767. The van der Waals surface area contributed by atoms with Crippen LogP contribution in [0.15, 0.2) is 51.5 Å². The first kappa shape index (κ1) is 12.9. The van der Waals surface area contributed by atoms with Crippen LogP contribution in [0, 0.1) is 6.92 Å². The van der Waals surface area contributed by atoms with E-state index in [9.17, 15) is 0 Å². The molecule has 2 aromatic carbocycles. The summed E-state index contributed by atoms with van der Waals surface area (Å²) < 4.78 is 6.22. The maximum atomic E-state index is 5.97. The van der Waals surface area contributed by atoms with Crippen molar-refractivity contribution < 1.29 is 4.52 Å². The Morgan fingerprint density at radius 1 is 1.15 bits per heavy atom. The van der Waals surface area contributed by atoms with Gasteiger partial charge in [-0.25, -0.2) is 0 Å². The summed E-state index contributed by atoms with van der Waals surface area (Å²) in [6.07, 6.45) is 0. The molecule has 0 aliphatic heterocycles. The number of hydrogen-bond acceptors (Lipinski definition) is 4. The summed E-state index contributed by atoms with van der Waals surface area (Å²) in [7, 11) is 0. The van der Waals surface area contributed by atoms with Gasteiger partial charge in [0.15, 0.2) is 0 Å². The molecule has 0 saturated heterocycles. The summed E-state index contributed by atoms with van der Waals surface area (Å²) in [4.78, 5) is 4.41. The van der Waals surface area contributed by atoms with Crippen molar-refractivity contribution in [1.29, 1.82) is 0 Å². The van der Waals surface area contributed by atoms with Crippen LogP contribution in [0.2, 0.25) is 0 Å². The van der Waals surface area contributed by atoms with Crippen LogP contribution in [0.5, 0.6) is 0 Å². The Morgan fingerprint density at radius 3 is 2.75 bits per heavy atom. The van der Waals surface area contributed by atoms with E-state index in [2.05, 4.69) is 26.1 Å². The fourth-order valence-corrected chi connectivity index (χ4v) is 2.34. The fourth-order valence-electron chi connectivity index (χ4n) is 1.96. The highest BCUT2D eigenvalue weighted by Gasteiger charge is 2.13. The first-order chi connectivity index (χ1) is 9.63. The molecule has 3 rings (SSSR count). The molecule has 1 aromatic heterocycles. The summed E-state index contributed by atoms with van der Waals surface area (Å²) in [5.41, 5.74) is 9.38. The van der Waals surface area contributed by atoms with E-state index in [1.54, 1.807) is 0 Å². The maximum Gasteiger partial charge on any atom is 0.260 e. The molecule has 5 heteroatoms. The zero-order valence-electron chi connectivity index (χ0n) is 10.8. The normalized spacial score (nSPS) is 10.7. The lowest BCUT2D eigenvalue weighted by Gasteiger charge is -2.00. The van der Waals surface area contributed by atoms with Gasteiger partial charge in [-0.15, -0.1) is 0 Å². The van der Waals surface area contributed by atoms with E-state index in [1.807, 2.05) is 49.4 Å². The smallest absolute Gasteiger partial charge is 0.260 e. The molecule has 0 radical (unpaired) electrons. The van der Waals surface area contributed by atoms with Crippen LogP contribution < -0.4 is 5.73 Å². The molecule has 100 valence electrons. The van der Waals surface area contributed by atoms with Crippen molar-refractivity contribution in [2.24, 2.45) is 0 Å². The zero-order valence-corrected chi connectivity index (χ0v) is 12.4. The third-order valence-corrected chi connectivity index (χ3v) is 3.44. The molecule has 0 fully saturated rings. The Balaban J connectivity index is 2.02. The van der Waals surface area contributed by atoms with Crippen molar-refractivity contribution in [3.05, 3.63) is 52.5 Å². The Labute approximate surface area is 124 Å². The quantitative estimate of drug-likeness (QED) is 0.720. The van der Waals surface area contributed by atoms with E-state index in [1.165, 1.54) is 0 Å². The van der Waals surface area contributed by atoms with Crippen LogP contribution in [-0.2, 0) is 0 Å². The molecule has 0 atom stereocenters. The average Bonchev–Trinajstić information content (AvgIpc) is 2.88. The summed E-state index contributed by atoms with van der Waals surface area (Å²) >= 11 is 3.37. The van der Waals surface area contributed by atoms with Gasteiger partial charge in [-0.1, -0.05) is 44.8 Å². The third kappa shape index (κ3) is 2.44. The number of anilines is 1. The second-order valence-electron chi connectivity index (χ2n) is 4.52. The molecule has 2 N–H and O–H groups in total. The SMILES string of the molecule is Cc1cccc(-c2noc(-c3ccc(Br)cc3N)n2)c1. The van der Waals surface area contributed by atoms with Gasteiger partial charge in [0, 0.05) is 15.7 Å². The minimum absolute atomic E-state index is 0.423. The van der Waals surface area contributed by atoms with E-state index in [4.69, 9.17) is 10.3 Å². The van der Waals surface area contributed by atoms with E-state index in [0.29, 0.717) is 17.4 Å². The molecule has 0 unspecified atom stereocenters. The van der Waals surface area contributed by atoms with Crippen molar-refractivity contribution in [2.75, 3.05) is 5.73 Å². The number of hydrogen-bond donors (Lipinski definition) is 1. The predicted molar refractivity (Wildman–Crippen MR) is 82.0 cm³/mol. The highest BCUT2D eigenvalue weighted by Crippen LogP contribution is 2.29. The second-order valence-corrected chi connectivity index (χ2v) is 5.44. The van der Waals surface area contributed by atoms with Crippen LogP contribution in [-0.4, -0.2) is 10.1 Å². The number of benzene rings is 2. The number of nitrogens with zero attached hydrogens (tertiary/aromatic N) is 2. The van der Waals surface area contributed by atoms with Crippen LogP contribution in [0.3, 0.4) is 0 Å². The van der Waals surface area contributed by atoms with Gasteiger partial charge in [0.2, 0.25) is 5.82 Å². The van der Waals surface area contributed by atoms with Crippen molar-refractivity contribution in [3.8, 4) is 22.8 Å². The van der Waals surface area contributed by atoms with Gasteiger partial charge in [-0.2, -0.15) is 4.98 Å². The number of rotatable bonds is 2. The van der Waals surface area contributed by atoms with Gasteiger partial charge in [0.05, 0.1) is 5.56 Å². The predicted octanol–water partition coefficient (Wildman–Crippen LogP) is 4.06. The molecular formula is C15H12BrN3O. The van der Waals surface area contributed by atoms with Crippen molar-refractivity contribution in [1.82, 2.24) is 10.1 Å². The maximum absolute atomic E-state index is 5.97. The highest BCUT2D eigenvalue weighted by molar-refractivity contribution is 9.10. The van der Waals surface area contributed by atoms with Gasteiger partial charge in [-0.05, 0) is 31.2 Å². The molecular weight excluding hydrogens is 318 g/mol. The van der Waals surface area contributed by atoms with E-state index >= 15 is 0 Å². The minimum Gasteiger partial charge on any atom is -0.398 e. The topological polar surface area (TPSA) is 64.9 Å². The fraction of sp³-hybridized carbons (Fsp3) is 0.0667. The van der Waals surface area contributed by atoms with Gasteiger partial charge < -0.3 is 10.3 Å². The number of aryl methyl sites for hydroxylation is 1. The van der Waals surface area contributed by atoms with Crippen molar-refractivity contribution in [3.63, 3.8) is 0 Å². The summed E-state index contributed by atoms with van der Waals surface area (Å²) in [6.45, 7) is 2.03. The Kier molecular flexibility index (Phi) is 3.28. The third-order valence-electron chi connectivity index (χ3n) is 2.95. The molecule has 0 spiro atoms. The van der Waals surface area contributed by atoms with Gasteiger partial charge >= 0.3 is 0 Å². The van der Waals surface area contributed by atoms with Gasteiger partial charge in [0.25, 0.3) is 5.89 Å². The first-order valence-corrected chi connectivity index (χ1v) is 6.89. The largest absolute Gasteiger partial charge is 0.398 e. The summed E-state index contributed by atoms with van der Waals surface area (Å²) in [5, 5.41) is 4.01. The Morgan fingerprint density at radius 2 is 2.00 bits per heavy atom. The van der Waals surface area contributed by atoms with Crippen molar-refractivity contribution >= 4 is 21.6 Å². The average molecular weight is 330 g/mol. The molecule has 0 amide bonds. The molecule has 0 aliphatic carbocycles. The van der Waals surface area contributed by atoms with Crippen LogP contribution in [0.1, 0.15) is 5.56 Å². The lowest BCUT2D eigenvalue weighted by atomic mass is 10.1. The highest BCUT2D eigenvalue weighted by atomic mass is 79.9. The number of aromatic nitrogens is 2. The zero-order chi connectivity index (χ0) is 14.1. The monoisotopic (exact) mass is 329 g/mol. The number of nitrogens with two attached hydrogens (primary N) is 1. The number of halogens is 1. The molecule has 20 heavy (non-hydrogen) atoms. The molecule has 0 saturated carbocycles. The molecule has 1 heterocycles. The minimum atomic E-state index is 0.423. The molecule has 4 nitrogen and oxygen atoms in total. The summed E-state index contributed by atoms with van der Waals surface area (Å²) in [6, 6.07) is 13.5. The van der Waals surface area contributed by atoms with E-state index < -0.39 is 0 Å². The summed E-state index contributed by atoms with van der Waals surface area (Å²) in [5.74, 6) is 0.984. The second kappa shape index (κ2) is 5.09. The van der Waals surface area contributed by atoms with Crippen LogP contribution in [0.25, 0.3) is 22.8 Å². The molecule has 0 bridgehead atoms. The van der Waals surface area contributed by atoms with Gasteiger partial charge in [0.1, 0.15) is 0 Å². The van der Waals surface area contributed by atoms with Crippen LogP contribution >= 0.6 is 15.9 Å². The molecule has 3 aromatic rings. The van der Waals surface area contributed by atoms with Crippen molar-refractivity contribution in [2.45, 2.75) is 6.92 Å². The Hall–Kier alpha value is -2.14. The first-order valence-electron chi connectivity index (χ1n) is 6.09. The molecule has 0 aliphatic rings. The number of nitrogen functional groups attached to an aromatic ring is 1. The standard InChI is InChI=1S/C15H12BrN3O/c1-9-3-2-4-10(7-9)14-18-15(20-19-14)12-6-5-11(16)8-13(12)17/h2-8H,17H2,1H3. The van der Waals surface area contributed by atoms with Gasteiger partial charge in [-0.3, -0.25) is 0 Å². The van der Waals surface area contributed by atoms with E-state index in [0.717, 1.165) is 21.2 Å². The van der Waals surface area contributed by atoms with Crippen LogP contribution in [0.4, 0.5) is 5.69 Å². The lowest BCUT2D eigenvalue weighted by molar-refractivity contribution is 0.432.